The summed E-state index contributed by atoms with van der Waals surface area (Å²) in [6, 6.07) is 1.79. The molecule has 0 radical (unpaired) electrons. The summed E-state index contributed by atoms with van der Waals surface area (Å²) in [5.41, 5.74) is 0. The summed E-state index contributed by atoms with van der Waals surface area (Å²) in [5.74, 6) is 1.18. The van der Waals surface area contributed by atoms with Gasteiger partial charge in [0.1, 0.15) is 5.75 Å². The van der Waals surface area contributed by atoms with Crippen LogP contribution in [0.25, 0.3) is 10.7 Å². The summed E-state index contributed by atoms with van der Waals surface area (Å²) >= 11 is 1.41. The minimum atomic E-state index is -3.88. The highest BCUT2D eigenvalue weighted by atomic mass is 32.2. The molecule has 0 spiro atoms. The van der Waals surface area contributed by atoms with Crippen LogP contribution in [0.2, 0.25) is 0 Å². The number of hydrogen-bond donors (Lipinski definition) is 1. The van der Waals surface area contributed by atoms with Gasteiger partial charge in [0, 0.05) is 18.0 Å². The number of nitrogens with zero attached hydrogens (tertiary/aromatic N) is 3. The second-order valence-electron chi connectivity index (χ2n) is 3.85. The van der Waals surface area contributed by atoms with Gasteiger partial charge >= 0.3 is 0 Å². The van der Waals surface area contributed by atoms with Gasteiger partial charge in [0.15, 0.2) is 5.82 Å². The Morgan fingerprint density at radius 2 is 2.21 bits per heavy atom. The van der Waals surface area contributed by atoms with E-state index in [0.29, 0.717) is 18.1 Å². The van der Waals surface area contributed by atoms with Crippen LogP contribution in [0.1, 0.15) is 13.3 Å². The predicted octanol–water partition coefficient (Wildman–Crippen LogP) is 1.07. The topological polar surface area (TPSA) is 100 Å². The highest BCUT2D eigenvalue weighted by Gasteiger charge is 2.22. The molecule has 0 atom stereocenters. The molecule has 0 aromatic carbocycles. The first kappa shape index (κ1) is 14.0. The molecular weight excluding hydrogens is 288 g/mol. The van der Waals surface area contributed by atoms with Crippen LogP contribution >= 0.6 is 11.3 Å². The van der Waals surface area contributed by atoms with E-state index in [-0.39, 0.29) is 5.16 Å². The summed E-state index contributed by atoms with van der Waals surface area (Å²) in [7, 11) is -2.31. The SMILES string of the molecule is CCCn1c(-c2cc(OC)cs2)nnc1S(N)(=O)=O. The number of primary sulfonamides is 1. The van der Waals surface area contributed by atoms with Gasteiger partial charge in [-0.2, -0.15) is 0 Å². The van der Waals surface area contributed by atoms with Gasteiger partial charge in [0.05, 0.1) is 12.0 Å². The molecule has 0 bridgehead atoms. The summed E-state index contributed by atoms with van der Waals surface area (Å²) in [6.07, 6.45) is 0.746. The molecule has 2 aromatic heterocycles. The third-order valence-electron chi connectivity index (χ3n) is 2.45. The van der Waals surface area contributed by atoms with Crippen molar-refractivity contribution in [2.45, 2.75) is 25.0 Å². The average molecular weight is 302 g/mol. The monoisotopic (exact) mass is 302 g/mol. The van der Waals surface area contributed by atoms with Crippen LogP contribution in [0, 0.1) is 0 Å². The van der Waals surface area contributed by atoms with Gasteiger partial charge in [-0.1, -0.05) is 6.92 Å². The minimum Gasteiger partial charge on any atom is -0.496 e. The van der Waals surface area contributed by atoms with Crippen molar-refractivity contribution in [3.8, 4) is 16.5 Å². The van der Waals surface area contributed by atoms with Crippen molar-refractivity contribution >= 4 is 21.4 Å². The van der Waals surface area contributed by atoms with E-state index < -0.39 is 10.0 Å². The van der Waals surface area contributed by atoms with E-state index in [9.17, 15) is 8.42 Å². The van der Waals surface area contributed by atoms with Gasteiger partial charge in [0.25, 0.3) is 15.2 Å². The van der Waals surface area contributed by atoms with E-state index in [2.05, 4.69) is 10.2 Å². The van der Waals surface area contributed by atoms with E-state index in [1.54, 1.807) is 13.2 Å². The number of sulfonamides is 1. The largest absolute Gasteiger partial charge is 0.496 e. The third kappa shape index (κ3) is 2.77. The van der Waals surface area contributed by atoms with E-state index in [1.165, 1.54) is 15.9 Å². The lowest BCUT2D eigenvalue weighted by Gasteiger charge is -2.06. The zero-order valence-corrected chi connectivity index (χ0v) is 12.2. The van der Waals surface area contributed by atoms with Gasteiger partial charge in [0.2, 0.25) is 0 Å². The van der Waals surface area contributed by atoms with Crippen molar-refractivity contribution in [2.24, 2.45) is 5.14 Å². The van der Waals surface area contributed by atoms with E-state index >= 15 is 0 Å². The molecule has 0 aliphatic carbocycles. The molecule has 2 rings (SSSR count). The fourth-order valence-electron chi connectivity index (χ4n) is 1.65. The Balaban J connectivity index is 2.54. The van der Waals surface area contributed by atoms with Crippen molar-refractivity contribution in [2.75, 3.05) is 7.11 Å². The molecule has 0 fully saturated rings. The molecule has 0 saturated heterocycles. The number of hydrogen-bond acceptors (Lipinski definition) is 6. The van der Waals surface area contributed by atoms with E-state index in [0.717, 1.165) is 11.3 Å². The van der Waals surface area contributed by atoms with Crippen molar-refractivity contribution in [3.05, 3.63) is 11.4 Å². The molecule has 104 valence electrons. The maximum absolute atomic E-state index is 11.5. The standard InChI is InChI=1S/C10H14N4O3S2/c1-3-4-14-9(8-5-7(17-2)6-18-8)12-13-10(14)19(11,15)16/h5-6H,3-4H2,1-2H3,(H2,11,15,16). The van der Waals surface area contributed by atoms with Gasteiger partial charge < -0.3 is 4.74 Å². The van der Waals surface area contributed by atoms with Crippen LogP contribution in [-0.4, -0.2) is 30.3 Å². The number of rotatable bonds is 5. The fourth-order valence-corrected chi connectivity index (χ4v) is 3.14. The smallest absolute Gasteiger partial charge is 0.273 e. The van der Waals surface area contributed by atoms with Crippen LogP contribution < -0.4 is 9.88 Å². The quantitative estimate of drug-likeness (QED) is 0.890. The second-order valence-corrected chi connectivity index (χ2v) is 6.22. The molecule has 0 amide bonds. The number of nitrogens with two attached hydrogens (primary N) is 1. The van der Waals surface area contributed by atoms with Crippen molar-refractivity contribution in [3.63, 3.8) is 0 Å². The maximum atomic E-state index is 11.5. The molecule has 0 saturated carbocycles. The van der Waals surface area contributed by atoms with Gasteiger partial charge in [-0.05, 0) is 6.42 Å². The molecule has 2 heterocycles. The molecular formula is C10H14N4O3S2. The second kappa shape index (κ2) is 5.27. The van der Waals surface area contributed by atoms with Crippen LogP contribution in [0.4, 0.5) is 0 Å². The first-order chi connectivity index (χ1) is 8.97. The molecule has 9 heteroatoms. The molecule has 2 aromatic rings. The first-order valence-corrected chi connectivity index (χ1v) is 7.99. The third-order valence-corrected chi connectivity index (χ3v) is 4.17. The van der Waals surface area contributed by atoms with Gasteiger partial charge in [-0.3, -0.25) is 4.57 Å². The molecule has 7 nitrogen and oxygen atoms in total. The Morgan fingerprint density at radius 1 is 1.47 bits per heavy atom. The predicted molar refractivity (Wildman–Crippen MR) is 71.6 cm³/mol. The Morgan fingerprint density at radius 3 is 2.74 bits per heavy atom. The molecule has 0 aliphatic heterocycles. The fraction of sp³-hybridized carbons (Fsp3) is 0.400. The summed E-state index contributed by atoms with van der Waals surface area (Å²) in [5, 5.41) is 14.4. The molecule has 2 N–H and O–H groups in total. The summed E-state index contributed by atoms with van der Waals surface area (Å²) in [6.45, 7) is 2.42. The highest BCUT2D eigenvalue weighted by Crippen LogP contribution is 2.30. The highest BCUT2D eigenvalue weighted by molar-refractivity contribution is 7.89. The van der Waals surface area contributed by atoms with Crippen LogP contribution in [-0.2, 0) is 16.6 Å². The van der Waals surface area contributed by atoms with Gasteiger partial charge in [-0.25, -0.2) is 13.6 Å². The number of thiophene rings is 1. The Bertz CT molecular complexity index is 675. The Kier molecular flexibility index (Phi) is 3.88. The minimum absolute atomic E-state index is 0.211. The Labute approximate surface area is 115 Å². The van der Waals surface area contributed by atoms with Gasteiger partial charge in [-0.15, -0.1) is 21.5 Å². The molecule has 19 heavy (non-hydrogen) atoms. The first-order valence-electron chi connectivity index (χ1n) is 5.56. The van der Waals surface area contributed by atoms with E-state index in [4.69, 9.17) is 9.88 Å². The lowest BCUT2D eigenvalue weighted by Crippen LogP contribution is -2.18. The Hall–Kier alpha value is -1.45. The van der Waals surface area contributed by atoms with Crippen LogP contribution in [0.3, 0.4) is 0 Å². The van der Waals surface area contributed by atoms with Crippen LogP contribution in [0.5, 0.6) is 5.75 Å². The maximum Gasteiger partial charge on any atom is 0.273 e. The zero-order chi connectivity index (χ0) is 14.0. The lowest BCUT2D eigenvalue weighted by atomic mass is 10.4. The number of methoxy groups -OCH3 is 1. The number of aromatic nitrogens is 3. The zero-order valence-electron chi connectivity index (χ0n) is 10.5. The summed E-state index contributed by atoms with van der Waals surface area (Å²) < 4.78 is 29.6. The molecule has 0 aliphatic rings. The average Bonchev–Trinajstić information content (AvgIpc) is 2.93. The van der Waals surface area contributed by atoms with E-state index in [1.807, 2.05) is 12.3 Å². The van der Waals surface area contributed by atoms with Crippen molar-refractivity contribution in [1.82, 2.24) is 14.8 Å². The lowest BCUT2D eigenvalue weighted by molar-refractivity contribution is 0.417. The van der Waals surface area contributed by atoms with Crippen molar-refractivity contribution < 1.29 is 13.2 Å². The molecule has 0 unspecified atom stereocenters. The van der Waals surface area contributed by atoms with Crippen molar-refractivity contribution in [1.29, 1.82) is 0 Å². The normalized spacial score (nSPS) is 11.7. The van der Waals surface area contributed by atoms with Crippen LogP contribution in [0.15, 0.2) is 16.6 Å². The summed E-state index contributed by atoms with van der Waals surface area (Å²) in [4.78, 5) is 0.785. The number of ether oxygens (including phenoxy) is 1.